The molecule has 0 saturated heterocycles. The zero-order valence-electron chi connectivity index (χ0n) is 11.0. The van der Waals surface area contributed by atoms with E-state index in [1.807, 2.05) is 0 Å². The topological polar surface area (TPSA) is 24.9 Å². The minimum atomic E-state index is 0.457. The lowest BCUT2D eigenvalue weighted by molar-refractivity contribution is 0.830. The summed E-state index contributed by atoms with van der Waals surface area (Å²) in [6.45, 7) is 9.53. The van der Waals surface area contributed by atoms with Crippen LogP contribution < -0.4 is 5.32 Å². The smallest absolute Gasteiger partial charge is 0.0726 e. The summed E-state index contributed by atoms with van der Waals surface area (Å²) in [6.07, 6.45) is 0. The maximum Gasteiger partial charge on any atom is 0.0726 e. The molecule has 0 fully saturated rings. The Bertz CT molecular complexity index is 530. The summed E-state index contributed by atoms with van der Waals surface area (Å²) < 4.78 is 0. The van der Waals surface area contributed by atoms with E-state index >= 15 is 0 Å². The molecule has 0 aliphatic carbocycles. The van der Waals surface area contributed by atoms with Crippen molar-refractivity contribution in [2.45, 2.75) is 33.6 Å². The Morgan fingerprint density at radius 3 is 2.65 bits per heavy atom. The largest absolute Gasteiger partial charge is 0.385 e. The first kappa shape index (κ1) is 11.9. The second-order valence-corrected chi connectivity index (χ2v) is 4.80. The van der Waals surface area contributed by atoms with Crippen LogP contribution in [0.4, 0.5) is 5.69 Å². The molecule has 0 unspecified atom stereocenters. The lowest BCUT2D eigenvalue weighted by Gasteiger charge is -2.13. The molecule has 2 rings (SSSR count). The average molecular weight is 228 g/mol. The van der Waals surface area contributed by atoms with Crippen molar-refractivity contribution in [1.82, 2.24) is 4.98 Å². The molecule has 2 aromatic rings. The van der Waals surface area contributed by atoms with Crippen LogP contribution in [0.1, 0.15) is 37.9 Å². The Morgan fingerprint density at radius 2 is 2.00 bits per heavy atom. The summed E-state index contributed by atoms with van der Waals surface area (Å²) in [6, 6.07) is 8.60. The summed E-state index contributed by atoms with van der Waals surface area (Å²) in [7, 11) is 0. The van der Waals surface area contributed by atoms with Crippen molar-refractivity contribution in [2.75, 3.05) is 11.9 Å². The lowest BCUT2D eigenvalue weighted by Crippen LogP contribution is -2.01. The van der Waals surface area contributed by atoms with Gasteiger partial charge in [-0.25, -0.2) is 0 Å². The van der Waals surface area contributed by atoms with Crippen molar-refractivity contribution in [1.29, 1.82) is 0 Å². The molecule has 1 aromatic heterocycles. The van der Waals surface area contributed by atoms with Crippen LogP contribution in [-0.2, 0) is 0 Å². The highest BCUT2D eigenvalue weighted by molar-refractivity contribution is 5.92. The van der Waals surface area contributed by atoms with Gasteiger partial charge in [0.1, 0.15) is 0 Å². The summed E-state index contributed by atoms with van der Waals surface area (Å²) in [5.41, 5.74) is 4.70. The third kappa shape index (κ3) is 2.41. The van der Waals surface area contributed by atoms with Gasteiger partial charge in [0.2, 0.25) is 0 Å². The van der Waals surface area contributed by atoms with Crippen molar-refractivity contribution in [2.24, 2.45) is 0 Å². The van der Waals surface area contributed by atoms with Gasteiger partial charge in [-0.3, -0.25) is 4.98 Å². The molecule has 0 spiro atoms. The van der Waals surface area contributed by atoms with Gasteiger partial charge in [0.25, 0.3) is 0 Å². The second-order valence-electron chi connectivity index (χ2n) is 4.80. The van der Waals surface area contributed by atoms with Gasteiger partial charge in [-0.1, -0.05) is 25.5 Å². The molecule has 0 amide bonds. The molecular weight excluding hydrogens is 208 g/mol. The van der Waals surface area contributed by atoms with Crippen LogP contribution in [0.3, 0.4) is 0 Å². The fraction of sp³-hybridized carbons (Fsp3) is 0.400. The predicted octanol–water partition coefficient (Wildman–Crippen LogP) is 4.10. The van der Waals surface area contributed by atoms with Gasteiger partial charge in [0, 0.05) is 23.3 Å². The third-order valence-corrected chi connectivity index (χ3v) is 2.94. The number of pyridine rings is 1. The Labute approximate surface area is 103 Å². The summed E-state index contributed by atoms with van der Waals surface area (Å²) in [4.78, 5) is 4.72. The first-order valence-electron chi connectivity index (χ1n) is 6.27. The average Bonchev–Trinajstić information content (AvgIpc) is 2.29. The number of hydrogen-bond acceptors (Lipinski definition) is 2. The molecule has 0 saturated carbocycles. The first-order valence-corrected chi connectivity index (χ1v) is 6.27. The molecule has 1 N–H and O–H groups in total. The third-order valence-electron chi connectivity index (χ3n) is 2.94. The maximum atomic E-state index is 4.72. The van der Waals surface area contributed by atoms with Crippen molar-refractivity contribution < 1.29 is 0 Å². The normalized spacial score (nSPS) is 11.1. The molecular formula is C15H20N2. The lowest BCUT2D eigenvalue weighted by atomic mass is 10.0. The molecule has 0 radical (unpaired) electrons. The minimum Gasteiger partial charge on any atom is -0.385 e. The number of hydrogen-bond donors (Lipinski definition) is 1. The number of aryl methyl sites for hydroxylation is 1. The SMILES string of the molecule is CCNc1cc(C(C)C)nc2ccc(C)cc12. The molecule has 0 aliphatic rings. The van der Waals surface area contributed by atoms with Crippen LogP contribution in [0.5, 0.6) is 0 Å². The Hall–Kier alpha value is -1.57. The zero-order chi connectivity index (χ0) is 12.4. The summed E-state index contributed by atoms with van der Waals surface area (Å²) >= 11 is 0. The van der Waals surface area contributed by atoms with Crippen molar-refractivity contribution in [3.8, 4) is 0 Å². The standard InChI is InChI=1S/C15H20N2/c1-5-16-15-9-14(10(2)3)17-13-7-6-11(4)8-12(13)15/h6-10H,5H2,1-4H3,(H,16,17). The first-order chi connectivity index (χ1) is 8.11. The highest BCUT2D eigenvalue weighted by Gasteiger charge is 2.08. The number of benzene rings is 1. The number of rotatable bonds is 3. The van der Waals surface area contributed by atoms with E-state index in [0.717, 1.165) is 17.8 Å². The molecule has 1 aromatic carbocycles. The highest BCUT2D eigenvalue weighted by atomic mass is 14.9. The fourth-order valence-corrected chi connectivity index (χ4v) is 1.99. The molecule has 1 heterocycles. The van der Waals surface area contributed by atoms with Crippen LogP contribution in [0, 0.1) is 6.92 Å². The highest BCUT2D eigenvalue weighted by Crippen LogP contribution is 2.27. The summed E-state index contributed by atoms with van der Waals surface area (Å²) in [5, 5.41) is 4.65. The van der Waals surface area contributed by atoms with E-state index in [1.54, 1.807) is 0 Å². The quantitative estimate of drug-likeness (QED) is 0.855. The Balaban J connectivity index is 2.67. The van der Waals surface area contributed by atoms with E-state index in [2.05, 4.69) is 57.3 Å². The fourth-order valence-electron chi connectivity index (χ4n) is 1.99. The number of aromatic nitrogens is 1. The van der Waals surface area contributed by atoms with E-state index in [0.29, 0.717) is 5.92 Å². The molecule has 17 heavy (non-hydrogen) atoms. The van der Waals surface area contributed by atoms with Gasteiger partial charge in [-0.05, 0) is 38.0 Å². The number of nitrogens with zero attached hydrogens (tertiary/aromatic N) is 1. The van der Waals surface area contributed by atoms with Crippen molar-refractivity contribution >= 4 is 16.6 Å². The van der Waals surface area contributed by atoms with Crippen molar-refractivity contribution in [3.63, 3.8) is 0 Å². The molecule has 0 aliphatic heterocycles. The zero-order valence-corrected chi connectivity index (χ0v) is 11.0. The number of nitrogens with one attached hydrogen (secondary N) is 1. The van der Waals surface area contributed by atoms with E-state index in [-0.39, 0.29) is 0 Å². The van der Waals surface area contributed by atoms with E-state index in [9.17, 15) is 0 Å². The van der Waals surface area contributed by atoms with Crippen LogP contribution in [-0.4, -0.2) is 11.5 Å². The van der Waals surface area contributed by atoms with Gasteiger partial charge in [0.05, 0.1) is 5.52 Å². The molecule has 0 atom stereocenters. The molecule has 2 heteroatoms. The second kappa shape index (κ2) is 4.74. The van der Waals surface area contributed by atoms with Crippen LogP contribution in [0.25, 0.3) is 10.9 Å². The Morgan fingerprint density at radius 1 is 1.24 bits per heavy atom. The van der Waals surface area contributed by atoms with Crippen LogP contribution in [0.15, 0.2) is 24.3 Å². The predicted molar refractivity (Wildman–Crippen MR) is 74.7 cm³/mol. The van der Waals surface area contributed by atoms with Crippen LogP contribution >= 0.6 is 0 Å². The number of fused-ring (bicyclic) bond motifs is 1. The molecule has 2 nitrogen and oxygen atoms in total. The van der Waals surface area contributed by atoms with E-state index in [1.165, 1.54) is 16.6 Å². The van der Waals surface area contributed by atoms with Crippen molar-refractivity contribution in [3.05, 3.63) is 35.5 Å². The van der Waals surface area contributed by atoms with Gasteiger partial charge in [0.15, 0.2) is 0 Å². The Kier molecular flexibility index (Phi) is 3.32. The maximum absolute atomic E-state index is 4.72. The monoisotopic (exact) mass is 228 g/mol. The summed E-state index contributed by atoms with van der Waals surface area (Å²) in [5.74, 6) is 0.457. The molecule has 0 bridgehead atoms. The minimum absolute atomic E-state index is 0.457. The van der Waals surface area contributed by atoms with E-state index < -0.39 is 0 Å². The van der Waals surface area contributed by atoms with Gasteiger partial charge < -0.3 is 5.32 Å². The van der Waals surface area contributed by atoms with E-state index in [4.69, 9.17) is 4.98 Å². The van der Waals surface area contributed by atoms with Gasteiger partial charge >= 0.3 is 0 Å². The molecule has 90 valence electrons. The van der Waals surface area contributed by atoms with Gasteiger partial charge in [-0.15, -0.1) is 0 Å². The number of anilines is 1. The van der Waals surface area contributed by atoms with Crippen LogP contribution in [0.2, 0.25) is 0 Å². The van der Waals surface area contributed by atoms with Gasteiger partial charge in [-0.2, -0.15) is 0 Å².